The summed E-state index contributed by atoms with van der Waals surface area (Å²) in [5, 5.41) is 3.07. The molecule has 0 aliphatic heterocycles. The minimum absolute atomic E-state index is 0.0736. The Morgan fingerprint density at radius 2 is 1.84 bits per heavy atom. The summed E-state index contributed by atoms with van der Waals surface area (Å²) < 4.78 is 47.1. The van der Waals surface area contributed by atoms with E-state index in [1.165, 1.54) is 24.3 Å². The third-order valence-corrected chi connectivity index (χ3v) is 4.59. The number of hydrogen-bond acceptors (Lipinski definition) is 4. The molecule has 0 aromatic heterocycles. The minimum atomic E-state index is -4.51. The predicted octanol–water partition coefficient (Wildman–Crippen LogP) is 1.83. The van der Waals surface area contributed by atoms with Crippen LogP contribution in [0.4, 0.5) is 14.5 Å². The molecule has 0 amide bonds. The number of alkyl halides is 2. The van der Waals surface area contributed by atoms with Crippen LogP contribution in [0, 0.1) is 5.92 Å². The van der Waals surface area contributed by atoms with Crippen LogP contribution < -0.4 is 11.1 Å². The first-order valence-corrected chi connectivity index (χ1v) is 7.57. The summed E-state index contributed by atoms with van der Waals surface area (Å²) in [7, 11) is -4.51. The molecule has 19 heavy (non-hydrogen) atoms. The fraction of sp³-hybridized carbons (Fsp3) is 0.500. The van der Waals surface area contributed by atoms with Gasteiger partial charge in [0, 0.05) is 18.3 Å². The maximum Gasteiger partial charge on any atom is 0.341 e. The van der Waals surface area contributed by atoms with E-state index in [1.54, 1.807) is 0 Å². The summed E-state index contributed by atoms with van der Waals surface area (Å²) >= 11 is 0. The van der Waals surface area contributed by atoms with Crippen molar-refractivity contribution in [1.82, 2.24) is 0 Å². The number of rotatable bonds is 6. The monoisotopic (exact) mass is 290 g/mol. The van der Waals surface area contributed by atoms with E-state index in [4.69, 9.17) is 5.73 Å². The van der Waals surface area contributed by atoms with Crippen LogP contribution in [0.3, 0.4) is 0 Å². The smallest absolute Gasteiger partial charge is 0.341 e. The van der Waals surface area contributed by atoms with Crippen LogP contribution in [-0.2, 0) is 9.84 Å². The van der Waals surface area contributed by atoms with Crippen molar-refractivity contribution in [3.63, 3.8) is 0 Å². The van der Waals surface area contributed by atoms with Crippen molar-refractivity contribution in [3.05, 3.63) is 24.3 Å². The average molecular weight is 290 g/mol. The molecule has 7 heteroatoms. The molecule has 106 valence electrons. The first-order chi connectivity index (χ1) is 8.91. The highest BCUT2D eigenvalue weighted by Gasteiger charge is 2.28. The molecule has 0 bridgehead atoms. The lowest BCUT2D eigenvalue weighted by atomic mass is 10.2. The zero-order valence-corrected chi connectivity index (χ0v) is 11.0. The van der Waals surface area contributed by atoms with Gasteiger partial charge in [-0.25, -0.2) is 8.42 Å². The first-order valence-electron chi connectivity index (χ1n) is 6.03. The van der Waals surface area contributed by atoms with Gasteiger partial charge in [0.25, 0.3) is 0 Å². The van der Waals surface area contributed by atoms with E-state index in [0.717, 1.165) is 12.8 Å². The molecule has 1 saturated carbocycles. The van der Waals surface area contributed by atoms with Crippen LogP contribution in [0.15, 0.2) is 29.2 Å². The van der Waals surface area contributed by atoms with Crippen LogP contribution in [-0.4, -0.2) is 26.8 Å². The Morgan fingerprint density at radius 1 is 1.26 bits per heavy atom. The number of sulfone groups is 1. The van der Waals surface area contributed by atoms with Gasteiger partial charge in [0.1, 0.15) is 0 Å². The Morgan fingerprint density at radius 3 is 2.32 bits per heavy atom. The zero-order chi connectivity index (χ0) is 14.0. The Labute approximate surface area is 110 Å². The van der Waals surface area contributed by atoms with Gasteiger partial charge < -0.3 is 11.1 Å². The molecule has 3 N–H and O–H groups in total. The Bertz CT molecular complexity index is 527. The van der Waals surface area contributed by atoms with Crippen molar-refractivity contribution in [2.45, 2.75) is 29.5 Å². The lowest BCUT2D eigenvalue weighted by Crippen LogP contribution is -2.31. The second kappa shape index (κ2) is 5.42. The molecule has 1 aliphatic rings. The number of nitrogens with one attached hydrogen (secondary N) is 1. The summed E-state index contributed by atoms with van der Waals surface area (Å²) in [6, 6.07) is 5.35. The number of anilines is 1. The van der Waals surface area contributed by atoms with Crippen molar-refractivity contribution in [1.29, 1.82) is 0 Å². The highest BCUT2D eigenvalue weighted by atomic mass is 32.2. The number of benzene rings is 1. The molecule has 1 unspecified atom stereocenters. The van der Waals surface area contributed by atoms with Gasteiger partial charge in [-0.15, -0.1) is 0 Å². The van der Waals surface area contributed by atoms with Gasteiger partial charge in [-0.1, -0.05) is 0 Å². The quantitative estimate of drug-likeness (QED) is 0.838. The van der Waals surface area contributed by atoms with Gasteiger partial charge in [-0.3, -0.25) is 0 Å². The Balaban J connectivity index is 1.98. The van der Waals surface area contributed by atoms with Crippen LogP contribution in [0.1, 0.15) is 12.8 Å². The van der Waals surface area contributed by atoms with Gasteiger partial charge in [0.15, 0.2) is 0 Å². The van der Waals surface area contributed by atoms with E-state index >= 15 is 0 Å². The first kappa shape index (κ1) is 14.2. The van der Waals surface area contributed by atoms with E-state index in [0.29, 0.717) is 18.2 Å². The molecule has 1 aromatic carbocycles. The highest BCUT2D eigenvalue weighted by Crippen LogP contribution is 2.31. The lowest BCUT2D eigenvalue weighted by Gasteiger charge is -2.13. The lowest BCUT2D eigenvalue weighted by molar-refractivity contribution is 0.234. The summed E-state index contributed by atoms with van der Waals surface area (Å²) in [6.45, 7) is 0.589. The van der Waals surface area contributed by atoms with E-state index in [1.807, 2.05) is 0 Å². The summed E-state index contributed by atoms with van der Waals surface area (Å²) in [4.78, 5) is -0.375. The maximum atomic E-state index is 12.3. The van der Waals surface area contributed by atoms with Crippen LogP contribution >= 0.6 is 0 Å². The SMILES string of the molecule is NC(CNc1ccc(S(=O)(=O)C(F)F)cc1)C1CC1. The van der Waals surface area contributed by atoms with Gasteiger partial charge >= 0.3 is 5.76 Å². The maximum absolute atomic E-state index is 12.3. The molecule has 1 aliphatic carbocycles. The van der Waals surface area contributed by atoms with Crippen molar-refractivity contribution < 1.29 is 17.2 Å². The Kier molecular flexibility index (Phi) is 4.05. The van der Waals surface area contributed by atoms with E-state index in [2.05, 4.69) is 5.32 Å². The van der Waals surface area contributed by atoms with Crippen molar-refractivity contribution in [3.8, 4) is 0 Å². The molecule has 0 heterocycles. The van der Waals surface area contributed by atoms with Crippen LogP contribution in [0.2, 0.25) is 0 Å². The van der Waals surface area contributed by atoms with E-state index in [9.17, 15) is 17.2 Å². The fourth-order valence-electron chi connectivity index (χ4n) is 1.79. The van der Waals surface area contributed by atoms with Crippen molar-refractivity contribution in [2.24, 2.45) is 11.7 Å². The average Bonchev–Trinajstić information content (AvgIpc) is 3.20. The molecular weight excluding hydrogens is 274 g/mol. The van der Waals surface area contributed by atoms with Crippen LogP contribution in [0.5, 0.6) is 0 Å². The molecule has 0 spiro atoms. The van der Waals surface area contributed by atoms with Gasteiger partial charge in [0.05, 0.1) is 4.90 Å². The number of nitrogens with two attached hydrogens (primary N) is 1. The van der Waals surface area contributed by atoms with Gasteiger partial charge in [-0.2, -0.15) is 8.78 Å². The molecule has 4 nitrogen and oxygen atoms in total. The predicted molar refractivity (Wildman–Crippen MR) is 68.8 cm³/mol. The molecule has 1 aromatic rings. The normalized spacial score (nSPS) is 17.5. The largest absolute Gasteiger partial charge is 0.383 e. The minimum Gasteiger partial charge on any atom is -0.383 e. The Hall–Kier alpha value is -1.21. The molecule has 1 fully saturated rings. The van der Waals surface area contributed by atoms with Crippen molar-refractivity contribution >= 4 is 15.5 Å². The third-order valence-electron chi connectivity index (χ3n) is 3.19. The van der Waals surface area contributed by atoms with E-state index in [-0.39, 0.29) is 10.9 Å². The number of hydrogen-bond donors (Lipinski definition) is 2. The standard InChI is InChI=1S/C12H16F2N2O2S/c13-12(14)19(17,18)10-5-3-9(4-6-10)16-7-11(15)8-1-2-8/h3-6,8,11-12,16H,1-2,7,15H2. The second-order valence-electron chi connectivity index (χ2n) is 4.71. The summed E-state index contributed by atoms with van der Waals surface area (Å²) in [5.74, 6) is -2.83. The molecule has 0 radical (unpaired) electrons. The van der Waals surface area contributed by atoms with Gasteiger partial charge in [0.2, 0.25) is 9.84 Å². The molecule has 2 rings (SSSR count). The fourth-order valence-corrected chi connectivity index (χ4v) is 2.51. The molecule has 0 saturated heterocycles. The van der Waals surface area contributed by atoms with Crippen molar-refractivity contribution in [2.75, 3.05) is 11.9 Å². The summed E-state index contributed by atoms with van der Waals surface area (Å²) in [5.41, 5.74) is 6.58. The van der Waals surface area contributed by atoms with Gasteiger partial charge in [-0.05, 0) is 43.0 Å². The highest BCUT2D eigenvalue weighted by molar-refractivity contribution is 7.91. The van der Waals surface area contributed by atoms with E-state index < -0.39 is 15.6 Å². The number of halogens is 2. The third kappa shape index (κ3) is 3.42. The molecule has 1 atom stereocenters. The topological polar surface area (TPSA) is 72.2 Å². The second-order valence-corrected chi connectivity index (χ2v) is 6.63. The zero-order valence-electron chi connectivity index (χ0n) is 10.2. The van der Waals surface area contributed by atoms with Crippen LogP contribution in [0.25, 0.3) is 0 Å². The summed E-state index contributed by atoms with van der Waals surface area (Å²) in [6.07, 6.45) is 2.29. The molecular formula is C12H16F2N2O2S.